The summed E-state index contributed by atoms with van der Waals surface area (Å²) in [6.07, 6.45) is 0. The van der Waals surface area contributed by atoms with E-state index >= 15 is 0 Å². The van der Waals surface area contributed by atoms with Crippen molar-refractivity contribution in [2.75, 3.05) is 18.4 Å². The first-order valence-electron chi connectivity index (χ1n) is 4.56. The van der Waals surface area contributed by atoms with Crippen LogP contribution in [-0.4, -0.2) is 19.0 Å². The lowest BCUT2D eigenvalue weighted by Crippen LogP contribution is -2.30. The third-order valence-corrected chi connectivity index (χ3v) is 2.42. The fraction of sp³-hybridized carbons (Fsp3) is 0.200. The van der Waals surface area contributed by atoms with Crippen molar-refractivity contribution in [1.29, 1.82) is 5.26 Å². The highest BCUT2D eigenvalue weighted by Crippen LogP contribution is 2.26. The molecule has 0 saturated heterocycles. The molecule has 0 radical (unpaired) electrons. The van der Waals surface area contributed by atoms with E-state index < -0.39 is 17.5 Å². The second kappa shape index (κ2) is 6.15. The van der Waals surface area contributed by atoms with Crippen LogP contribution >= 0.6 is 15.9 Å². The number of nitriles is 1. The molecule has 2 N–H and O–H groups in total. The Bertz CT molecular complexity index is 450. The third-order valence-electron chi connectivity index (χ3n) is 1.80. The summed E-state index contributed by atoms with van der Waals surface area (Å²) in [7, 11) is 0. The molecule has 0 saturated carbocycles. The molecule has 0 unspecified atom stereocenters. The molecule has 1 amide bonds. The van der Waals surface area contributed by atoms with Crippen LogP contribution in [0.25, 0.3) is 0 Å². The van der Waals surface area contributed by atoms with E-state index in [9.17, 15) is 13.6 Å². The first-order valence-corrected chi connectivity index (χ1v) is 5.36. The van der Waals surface area contributed by atoms with Crippen LogP contribution in [0, 0.1) is 23.0 Å². The first kappa shape index (κ1) is 13.4. The van der Waals surface area contributed by atoms with Crippen molar-refractivity contribution in [3.63, 3.8) is 0 Å². The van der Waals surface area contributed by atoms with Crippen LogP contribution in [-0.2, 0) is 4.79 Å². The Morgan fingerprint density at radius 1 is 1.47 bits per heavy atom. The van der Waals surface area contributed by atoms with Crippen molar-refractivity contribution in [1.82, 2.24) is 5.32 Å². The molecule has 0 heterocycles. The van der Waals surface area contributed by atoms with E-state index in [0.717, 1.165) is 6.07 Å². The number of hydrogen-bond donors (Lipinski definition) is 2. The number of halogens is 3. The number of carbonyl (C=O) groups excluding carboxylic acids is 1. The quantitative estimate of drug-likeness (QED) is 0.833. The average molecular weight is 304 g/mol. The normalized spacial score (nSPS) is 9.53. The van der Waals surface area contributed by atoms with Crippen molar-refractivity contribution < 1.29 is 13.6 Å². The summed E-state index contributed by atoms with van der Waals surface area (Å²) < 4.78 is 26.2. The zero-order valence-electron chi connectivity index (χ0n) is 8.56. The fourth-order valence-corrected chi connectivity index (χ4v) is 1.63. The number of carbonyl (C=O) groups is 1. The number of rotatable bonds is 4. The van der Waals surface area contributed by atoms with Crippen LogP contribution in [0.4, 0.5) is 14.5 Å². The summed E-state index contributed by atoms with van der Waals surface area (Å²) in [5, 5.41) is 13.0. The lowest BCUT2D eigenvalue weighted by Gasteiger charge is -2.09. The van der Waals surface area contributed by atoms with E-state index in [2.05, 4.69) is 26.6 Å². The molecule has 0 atom stereocenters. The van der Waals surface area contributed by atoms with E-state index in [0.29, 0.717) is 6.07 Å². The van der Waals surface area contributed by atoms with Gasteiger partial charge in [0.25, 0.3) is 0 Å². The predicted molar refractivity (Wildman–Crippen MR) is 61.2 cm³/mol. The minimum absolute atomic E-state index is 0.00138. The van der Waals surface area contributed by atoms with Crippen molar-refractivity contribution in [3.05, 3.63) is 28.2 Å². The van der Waals surface area contributed by atoms with Crippen LogP contribution in [0.2, 0.25) is 0 Å². The Morgan fingerprint density at radius 2 is 2.18 bits per heavy atom. The summed E-state index contributed by atoms with van der Waals surface area (Å²) in [6.45, 7) is -0.323. The maximum Gasteiger partial charge on any atom is 0.240 e. The third kappa shape index (κ3) is 4.00. The van der Waals surface area contributed by atoms with Gasteiger partial charge in [-0.15, -0.1) is 0 Å². The van der Waals surface area contributed by atoms with E-state index in [1.165, 1.54) is 0 Å². The van der Waals surface area contributed by atoms with Gasteiger partial charge in [-0.3, -0.25) is 4.79 Å². The summed E-state index contributed by atoms with van der Waals surface area (Å²) in [6, 6.07) is 3.52. The van der Waals surface area contributed by atoms with Crippen molar-refractivity contribution in [3.8, 4) is 6.07 Å². The van der Waals surface area contributed by atoms with Gasteiger partial charge in [0.2, 0.25) is 5.91 Å². The minimum Gasteiger partial charge on any atom is -0.373 e. The summed E-state index contributed by atoms with van der Waals surface area (Å²) >= 11 is 2.97. The van der Waals surface area contributed by atoms with Crippen LogP contribution in [0.15, 0.2) is 16.6 Å². The summed E-state index contributed by atoms with van der Waals surface area (Å²) in [4.78, 5) is 11.1. The van der Waals surface area contributed by atoms with Crippen molar-refractivity contribution in [2.24, 2.45) is 0 Å². The van der Waals surface area contributed by atoms with E-state index in [1.807, 2.05) is 0 Å². The second-order valence-electron chi connectivity index (χ2n) is 3.03. The zero-order chi connectivity index (χ0) is 12.8. The van der Waals surface area contributed by atoms with Gasteiger partial charge in [0, 0.05) is 10.5 Å². The lowest BCUT2D eigenvalue weighted by molar-refractivity contribution is -0.119. The summed E-state index contributed by atoms with van der Waals surface area (Å²) in [5.41, 5.74) is -0.00138. The SMILES string of the molecule is N#CCNC(=O)CNc1c(F)cc(F)cc1Br. The number of nitrogens with zero attached hydrogens (tertiary/aromatic N) is 1. The van der Waals surface area contributed by atoms with Crippen LogP contribution in [0.5, 0.6) is 0 Å². The standard InChI is InChI=1S/C10H8BrF2N3O/c11-7-3-6(12)4-8(13)10(7)16-5-9(17)15-2-1-14/h3-4,16H,2,5H2,(H,15,17). The van der Waals surface area contributed by atoms with Gasteiger partial charge in [0.15, 0.2) is 0 Å². The fourth-order valence-electron chi connectivity index (χ4n) is 1.08. The Hall–Kier alpha value is -1.68. The predicted octanol–water partition coefficient (Wildman–Crippen LogP) is 1.78. The highest BCUT2D eigenvalue weighted by molar-refractivity contribution is 9.10. The topological polar surface area (TPSA) is 64.9 Å². The van der Waals surface area contributed by atoms with Crippen LogP contribution in [0.3, 0.4) is 0 Å². The van der Waals surface area contributed by atoms with Gasteiger partial charge < -0.3 is 10.6 Å². The molecule has 1 aromatic carbocycles. The van der Waals surface area contributed by atoms with E-state index in [4.69, 9.17) is 5.26 Å². The number of benzene rings is 1. The monoisotopic (exact) mass is 303 g/mol. The number of nitrogens with one attached hydrogen (secondary N) is 2. The molecule has 0 fully saturated rings. The van der Waals surface area contributed by atoms with Crippen LogP contribution in [0.1, 0.15) is 0 Å². The molecule has 1 aromatic rings. The molecule has 7 heteroatoms. The first-order chi connectivity index (χ1) is 8.04. The van der Waals surface area contributed by atoms with Gasteiger partial charge >= 0.3 is 0 Å². The van der Waals surface area contributed by atoms with Gasteiger partial charge in [0.1, 0.15) is 18.2 Å². The Labute approximate surface area is 105 Å². The van der Waals surface area contributed by atoms with Crippen molar-refractivity contribution >= 4 is 27.5 Å². The molecule has 4 nitrogen and oxygen atoms in total. The maximum atomic E-state index is 13.3. The van der Waals surface area contributed by atoms with E-state index in [1.54, 1.807) is 6.07 Å². The number of amides is 1. The molecular weight excluding hydrogens is 296 g/mol. The molecule has 90 valence electrons. The van der Waals surface area contributed by atoms with E-state index in [-0.39, 0.29) is 23.2 Å². The largest absolute Gasteiger partial charge is 0.373 e. The highest BCUT2D eigenvalue weighted by Gasteiger charge is 2.10. The van der Waals surface area contributed by atoms with Gasteiger partial charge in [-0.1, -0.05) is 0 Å². The molecule has 0 aromatic heterocycles. The Balaban J connectivity index is 2.64. The molecule has 0 aliphatic rings. The van der Waals surface area contributed by atoms with Gasteiger partial charge in [-0.05, 0) is 22.0 Å². The average Bonchev–Trinajstić information content (AvgIpc) is 2.24. The van der Waals surface area contributed by atoms with Gasteiger partial charge in [-0.25, -0.2) is 8.78 Å². The molecular formula is C10H8BrF2N3O. The molecule has 0 aliphatic carbocycles. The molecule has 1 rings (SSSR count). The highest BCUT2D eigenvalue weighted by atomic mass is 79.9. The van der Waals surface area contributed by atoms with Gasteiger partial charge in [-0.2, -0.15) is 5.26 Å². The molecule has 0 spiro atoms. The Kier molecular flexibility index (Phi) is 4.84. The summed E-state index contributed by atoms with van der Waals surface area (Å²) in [5.74, 6) is -1.97. The molecule has 0 aliphatic heterocycles. The number of anilines is 1. The Morgan fingerprint density at radius 3 is 2.76 bits per heavy atom. The van der Waals surface area contributed by atoms with Gasteiger partial charge in [0.05, 0.1) is 18.3 Å². The minimum atomic E-state index is -0.801. The molecule has 0 bridgehead atoms. The molecule has 17 heavy (non-hydrogen) atoms. The smallest absolute Gasteiger partial charge is 0.240 e. The van der Waals surface area contributed by atoms with Crippen LogP contribution < -0.4 is 10.6 Å². The van der Waals surface area contributed by atoms with Crippen molar-refractivity contribution in [2.45, 2.75) is 0 Å². The zero-order valence-corrected chi connectivity index (χ0v) is 10.1. The second-order valence-corrected chi connectivity index (χ2v) is 3.89. The lowest BCUT2D eigenvalue weighted by atomic mass is 10.3. The number of hydrogen-bond acceptors (Lipinski definition) is 3. The maximum absolute atomic E-state index is 13.3.